The Labute approximate surface area is 258 Å². The summed E-state index contributed by atoms with van der Waals surface area (Å²) in [6.45, 7) is 3.65. The average molecular weight is 644 g/mol. The average Bonchev–Trinajstić information content (AvgIpc) is 3.41. The molecule has 0 saturated heterocycles. The Hall–Kier alpha value is -4.92. The minimum Gasteiger partial charge on any atom is -0.489 e. The molecule has 4 aromatic heterocycles. The van der Waals surface area contributed by atoms with Crippen molar-refractivity contribution in [3.63, 3.8) is 0 Å². The van der Waals surface area contributed by atoms with Gasteiger partial charge >= 0.3 is 12.2 Å². The minimum atomic E-state index is -4.91. The third-order valence-corrected chi connectivity index (χ3v) is 7.81. The Morgan fingerprint density at radius 1 is 1.16 bits per heavy atom. The van der Waals surface area contributed by atoms with Gasteiger partial charge in [-0.05, 0) is 37.6 Å². The van der Waals surface area contributed by atoms with Gasteiger partial charge in [-0.25, -0.2) is 14.4 Å². The number of aryl methyl sites for hydroxylation is 1. The first kappa shape index (κ1) is 30.1. The molecule has 6 rings (SSSR count). The fourth-order valence-electron chi connectivity index (χ4n) is 5.43. The molecule has 1 atom stereocenters. The molecular weight excluding hydrogens is 618 g/mol. The third-order valence-electron chi connectivity index (χ3n) is 7.45. The van der Waals surface area contributed by atoms with E-state index in [4.69, 9.17) is 32.5 Å². The molecule has 5 aromatic rings. The monoisotopic (exact) mass is 643 g/mol. The van der Waals surface area contributed by atoms with E-state index in [1.54, 1.807) is 46.4 Å². The number of hydrogen-bond acceptors (Lipinski definition) is 10. The van der Waals surface area contributed by atoms with Crippen LogP contribution in [0.25, 0.3) is 22.2 Å². The van der Waals surface area contributed by atoms with Gasteiger partial charge in [-0.1, -0.05) is 17.7 Å². The normalized spacial score (nSPS) is 13.9. The van der Waals surface area contributed by atoms with E-state index < -0.39 is 39.9 Å². The van der Waals surface area contributed by atoms with E-state index >= 15 is 4.39 Å². The SMILES string of the molecule is Cc1cc(N)nc(-c2c(Cl)c3c4c(nc(OCCn5cccn5)nc4c2F)N([C@H](C)c2cccnc2N)CCO3)c1C(F)(F)F. The molecule has 0 radical (unpaired) electrons. The van der Waals surface area contributed by atoms with Crippen LogP contribution >= 0.6 is 11.6 Å². The third kappa shape index (κ3) is 5.47. The molecule has 5 heterocycles. The number of nitrogen functional groups attached to an aromatic ring is 2. The molecule has 1 aromatic carbocycles. The highest BCUT2D eigenvalue weighted by atomic mass is 35.5. The van der Waals surface area contributed by atoms with Crippen molar-refractivity contribution in [2.75, 3.05) is 36.1 Å². The molecule has 16 heteroatoms. The lowest BCUT2D eigenvalue weighted by Crippen LogP contribution is -2.31. The van der Waals surface area contributed by atoms with Crippen molar-refractivity contribution >= 4 is 40.0 Å². The summed E-state index contributed by atoms with van der Waals surface area (Å²) in [6.07, 6.45) is -0.0182. The van der Waals surface area contributed by atoms with E-state index in [2.05, 4.69) is 25.0 Å². The predicted molar refractivity (Wildman–Crippen MR) is 160 cm³/mol. The standard InChI is InChI=1S/C29H26ClF4N9O2/c1-14-13-17(35)39-23(20(14)29(32,33)34)18-21(30)25-19-24(22(18)31)40-28(45-11-9-42-8-4-7-38-42)41-27(19)43(10-12-44-25)15(2)16-5-3-6-37-26(16)36/h3-8,13,15H,9-12H2,1-2H3,(H2,35,39)(H2,36,37)/t15-/m1/s1. The second kappa shape index (κ2) is 11.5. The topological polar surface area (TPSA) is 143 Å². The highest BCUT2D eigenvalue weighted by molar-refractivity contribution is 6.36. The molecule has 45 heavy (non-hydrogen) atoms. The van der Waals surface area contributed by atoms with Crippen molar-refractivity contribution in [3.8, 4) is 23.0 Å². The van der Waals surface area contributed by atoms with Crippen LogP contribution in [0.4, 0.5) is 35.0 Å². The van der Waals surface area contributed by atoms with E-state index in [0.29, 0.717) is 12.1 Å². The van der Waals surface area contributed by atoms with Crippen LogP contribution in [0.3, 0.4) is 0 Å². The summed E-state index contributed by atoms with van der Waals surface area (Å²) in [5.41, 5.74) is 9.41. The van der Waals surface area contributed by atoms with Gasteiger partial charge in [0, 0.05) is 24.2 Å². The fraction of sp³-hybridized carbons (Fsp3) is 0.276. The summed E-state index contributed by atoms with van der Waals surface area (Å²) < 4.78 is 73.2. The highest BCUT2D eigenvalue weighted by Gasteiger charge is 2.40. The van der Waals surface area contributed by atoms with Crippen LogP contribution in [0.5, 0.6) is 11.8 Å². The number of rotatable bonds is 7. The molecule has 0 bridgehead atoms. The first-order valence-electron chi connectivity index (χ1n) is 13.7. The number of pyridine rings is 2. The van der Waals surface area contributed by atoms with Gasteiger partial charge in [0.2, 0.25) is 0 Å². The summed E-state index contributed by atoms with van der Waals surface area (Å²) in [5, 5.41) is 3.73. The van der Waals surface area contributed by atoms with Crippen molar-refractivity contribution in [1.29, 1.82) is 0 Å². The molecular formula is C29H26ClF4N9O2. The van der Waals surface area contributed by atoms with Crippen molar-refractivity contribution in [2.24, 2.45) is 0 Å². The second-order valence-electron chi connectivity index (χ2n) is 10.3. The van der Waals surface area contributed by atoms with Crippen LogP contribution in [0.1, 0.15) is 29.7 Å². The van der Waals surface area contributed by atoms with Crippen molar-refractivity contribution in [1.82, 2.24) is 29.7 Å². The highest BCUT2D eigenvalue weighted by Crippen LogP contribution is 2.50. The molecule has 0 amide bonds. The van der Waals surface area contributed by atoms with Crippen LogP contribution < -0.4 is 25.8 Å². The summed E-state index contributed by atoms with van der Waals surface area (Å²) in [6, 6.07) is 5.63. The number of ether oxygens (including phenoxy) is 2. The van der Waals surface area contributed by atoms with Crippen LogP contribution in [-0.2, 0) is 12.7 Å². The molecule has 0 saturated carbocycles. The van der Waals surface area contributed by atoms with E-state index in [0.717, 1.165) is 6.07 Å². The number of anilines is 3. The van der Waals surface area contributed by atoms with E-state index in [9.17, 15) is 13.2 Å². The van der Waals surface area contributed by atoms with E-state index in [1.165, 1.54) is 6.92 Å². The number of benzene rings is 1. The molecule has 0 aliphatic carbocycles. The molecule has 0 unspecified atom stereocenters. The Morgan fingerprint density at radius 3 is 2.67 bits per heavy atom. The minimum absolute atomic E-state index is 0.00572. The van der Waals surface area contributed by atoms with Gasteiger partial charge in [0.15, 0.2) is 11.6 Å². The number of alkyl halides is 3. The summed E-state index contributed by atoms with van der Waals surface area (Å²) >= 11 is 6.72. The zero-order chi connectivity index (χ0) is 32.0. The van der Waals surface area contributed by atoms with Gasteiger partial charge in [-0.2, -0.15) is 28.2 Å². The number of hydrogen-bond donors (Lipinski definition) is 2. The zero-order valence-electron chi connectivity index (χ0n) is 23.9. The lowest BCUT2D eigenvalue weighted by Gasteiger charge is -2.30. The molecule has 0 fully saturated rings. The first-order chi connectivity index (χ1) is 21.5. The van der Waals surface area contributed by atoms with Gasteiger partial charge in [0.1, 0.15) is 36.2 Å². The van der Waals surface area contributed by atoms with Crippen LogP contribution in [0.2, 0.25) is 5.02 Å². The van der Waals surface area contributed by atoms with Gasteiger partial charge in [0.05, 0.1) is 46.4 Å². The first-order valence-corrected chi connectivity index (χ1v) is 14.1. The molecule has 234 valence electrons. The Kier molecular flexibility index (Phi) is 7.72. The maximum absolute atomic E-state index is 16.7. The van der Waals surface area contributed by atoms with Gasteiger partial charge in [-0.3, -0.25) is 4.68 Å². The second-order valence-corrected chi connectivity index (χ2v) is 10.7. The largest absolute Gasteiger partial charge is 0.489 e. The number of aromatic nitrogens is 6. The maximum Gasteiger partial charge on any atom is 0.418 e. The maximum atomic E-state index is 16.7. The summed E-state index contributed by atoms with van der Waals surface area (Å²) in [4.78, 5) is 18.8. The Bertz CT molecular complexity index is 1900. The Balaban J connectivity index is 1.60. The number of nitrogens with two attached hydrogens (primary N) is 2. The molecule has 11 nitrogen and oxygen atoms in total. The van der Waals surface area contributed by atoms with Crippen molar-refractivity contribution in [3.05, 3.63) is 70.4 Å². The zero-order valence-corrected chi connectivity index (χ0v) is 24.7. The fourth-order valence-corrected chi connectivity index (χ4v) is 5.75. The molecule has 1 aliphatic rings. The summed E-state index contributed by atoms with van der Waals surface area (Å²) in [5.74, 6) is -1.08. The lowest BCUT2D eigenvalue weighted by atomic mass is 9.98. The molecule has 4 N–H and O–H groups in total. The number of halogens is 5. The van der Waals surface area contributed by atoms with Crippen LogP contribution in [0, 0.1) is 12.7 Å². The lowest BCUT2D eigenvalue weighted by molar-refractivity contribution is -0.137. The van der Waals surface area contributed by atoms with Crippen molar-refractivity contribution in [2.45, 2.75) is 32.6 Å². The Morgan fingerprint density at radius 2 is 1.96 bits per heavy atom. The molecule has 1 aliphatic heterocycles. The summed E-state index contributed by atoms with van der Waals surface area (Å²) in [7, 11) is 0. The van der Waals surface area contributed by atoms with Gasteiger partial charge in [0.25, 0.3) is 0 Å². The van der Waals surface area contributed by atoms with E-state index in [1.807, 2.05) is 6.92 Å². The van der Waals surface area contributed by atoms with E-state index in [-0.39, 0.29) is 65.4 Å². The van der Waals surface area contributed by atoms with Gasteiger partial charge in [-0.15, -0.1) is 0 Å². The van der Waals surface area contributed by atoms with Crippen LogP contribution in [0.15, 0.2) is 42.9 Å². The quantitative estimate of drug-likeness (QED) is 0.215. The van der Waals surface area contributed by atoms with Crippen LogP contribution in [-0.4, -0.2) is 49.5 Å². The predicted octanol–water partition coefficient (Wildman–Crippen LogP) is 5.61. The molecule has 0 spiro atoms. The number of nitrogens with zero attached hydrogens (tertiary/aromatic N) is 7. The smallest absolute Gasteiger partial charge is 0.418 e. The van der Waals surface area contributed by atoms with Crippen molar-refractivity contribution < 1.29 is 27.0 Å². The van der Waals surface area contributed by atoms with Gasteiger partial charge < -0.3 is 25.8 Å².